The minimum atomic E-state index is 0.442. The molecule has 156 valence electrons. The van der Waals surface area contributed by atoms with Crippen LogP contribution in [0.2, 0.25) is 10.0 Å². The van der Waals surface area contributed by atoms with Gasteiger partial charge in [0.2, 0.25) is 0 Å². The molecule has 8 heteroatoms. The second kappa shape index (κ2) is 9.20. The molecule has 1 heterocycles. The lowest BCUT2D eigenvalue weighted by Crippen LogP contribution is -1.99. The highest BCUT2D eigenvalue weighted by Gasteiger charge is 2.10. The number of nitrogens with one attached hydrogen (secondary N) is 1. The van der Waals surface area contributed by atoms with E-state index in [0.717, 1.165) is 22.0 Å². The minimum Gasteiger partial charge on any atom is -0.493 e. The van der Waals surface area contributed by atoms with Gasteiger partial charge in [0.15, 0.2) is 23.1 Å². The Morgan fingerprint density at radius 1 is 0.871 bits per heavy atom. The van der Waals surface area contributed by atoms with E-state index in [1.165, 1.54) is 0 Å². The molecule has 0 aliphatic rings. The van der Waals surface area contributed by atoms with Crippen molar-refractivity contribution in [1.29, 1.82) is 0 Å². The molecule has 0 fully saturated rings. The van der Waals surface area contributed by atoms with Crippen molar-refractivity contribution in [3.63, 3.8) is 0 Å². The molecule has 4 aromatic rings. The maximum atomic E-state index is 6.17. The Morgan fingerprint density at radius 2 is 1.68 bits per heavy atom. The van der Waals surface area contributed by atoms with Crippen molar-refractivity contribution in [2.24, 2.45) is 5.10 Å². The first-order chi connectivity index (χ1) is 15.1. The maximum absolute atomic E-state index is 6.17. The lowest BCUT2D eigenvalue weighted by Gasteiger charge is -2.09. The average molecular weight is 453 g/mol. The molecule has 0 aliphatic carbocycles. The number of ether oxygens (including phenoxy) is 2. The van der Waals surface area contributed by atoms with Gasteiger partial charge in [-0.05, 0) is 54.1 Å². The van der Waals surface area contributed by atoms with Crippen molar-refractivity contribution < 1.29 is 9.47 Å². The van der Waals surface area contributed by atoms with E-state index in [1.807, 2.05) is 48.5 Å². The van der Waals surface area contributed by atoms with Crippen LogP contribution in [-0.4, -0.2) is 30.4 Å². The van der Waals surface area contributed by atoms with Gasteiger partial charge in [0.1, 0.15) is 0 Å². The summed E-state index contributed by atoms with van der Waals surface area (Å²) < 4.78 is 10.6. The molecule has 0 unspecified atom stereocenters. The third kappa shape index (κ3) is 4.55. The van der Waals surface area contributed by atoms with Crippen LogP contribution in [-0.2, 0) is 0 Å². The molecule has 0 atom stereocenters. The molecule has 0 bridgehead atoms. The number of hydrogen-bond donors (Lipinski definition) is 1. The Balaban J connectivity index is 1.68. The number of hydrogen-bond acceptors (Lipinski definition) is 6. The molecular formula is C23H18Cl2N4O2. The molecule has 0 aliphatic heterocycles. The predicted molar refractivity (Wildman–Crippen MR) is 126 cm³/mol. The van der Waals surface area contributed by atoms with Gasteiger partial charge < -0.3 is 9.47 Å². The number of halogens is 2. The van der Waals surface area contributed by atoms with E-state index >= 15 is 0 Å². The molecule has 31 heavy (non-hydrogen) atoms. The number of rotatable bonds is 6. The molecule has 1 aromatic heterocycles. The van der Waals surface area contributed by atoms with Crippen LogP contribution in [0.25, 0.3) is 22.3 Å². The van der Waals surface area contributed by atoms with E-state index in [0.29, 0.717) is 33.2 Å². The van der Waals surface area contributed by atoms with Gasteiger partial charge >= 0.3 is 0 Å². The zero-order valence-corrected chi connectivity index (χ0v) is 18.3. The van der Waals surface area contributed by atoms with Crippen molar-refractivity contribution in [2.75, 3.05) is 19.6 Å². The summed E-state index contributed by atoms with van der Waals surface area (Å²) in [5, 5.41) is 6.11. The van der Waals surface area contributed by atoms with E-state index in [4.69, 9.17) is 32.7 Å². The summed E-state index contributed by atoms with van der Waals surface area (Å²) in [6.07, 6.45) is 1.68. The molecule has 6 nitrogen and oxygen atoms in total. The van der Waals surface area contributed by atoms with Crippen LogP contribution in [0, 0.1) is 0 Å². The van der Waals surface area contributed by atoms with Crippen LogP contribution in [0.1, 0.15) is 5.56 Å². The summed E-state index contributed by atoms with van der Waals surface area (Å²) in [7, 11) is 3.19. The minimum absolute atomic E-state index is 0.442. The maximum Gasteiger partial charge on any atom is 0.162 e. The highest BCUT2D eigenvalue weighted by molar-refractivity contribution is 6.42. The summed E-state index contributed by atoms with van der Waals surface area (Å²) in [5.41, 5.74) is 5.40. The fourth-order valence-electron chi connectivity index (χ4n) is 3.03. The van der Waals surface area contributed by atoms with Gasteiger partial charge in [-0.3, -0.25) is 5.43 Å². The smallest absolute Gasteiger partial charge is 0.162 e. The van der Waals surface area contributed by atoms with Gasteiger partial charge in [0, 0.05) is 10.9 Å². The predicted octanol–water partition coefficient (Wildman–Crippen LogP) is 6.07. The lowest BCUT2D eigenvalue weighted by molar-refractivity contribution is 0.355. The number of para-hydroxylation sites is 1. The van der Waals surface area contributed by atoms with Crippen LogP contribution >= 0.6 is 23.2 Å². The lowest BCUT2D eigenvalue weighted by atomic mass is 10.2. The van der Waals surface area contributed by atoms with E-state index in [9.17, 15) is 0 Å². The molecule has 0 amide bonds. The fraction of sp³-hybridized carbons (Fsp3) is 0.0870. The van der Waals surface area contributed by atoms with E-state index in [-0.39, 0.29) is 0 Å². The quantitative estimate of drug-likeness (QED) is 0.284. The van der Waals surface area contributed by atoms with Crippen LogP contribution in [0.5, 0.6) is 11.5 Å². The van der Waals surface area contributed by atoms with Crippen LogP contribution in [0.3, 0.4) is 0 Å². The zero-order chi connectivity index (χ0) is 21.8. The highest BCUT2D eigenvalue weighted by Crippen LogP contribution is 2.30. The van der Waals surface area contributed by atoms with Gasteiger partial charge in [0.25, 0.3) is 0 Å². The van der Waals surface area contributed by atoms with Crippen molar-refractivity contribution in [1.82, 2.24) is 9.97 Å². The second-order valence-corrected chi connectivity index (χ2v) is 7.34. The highest BCUT2D eigenvalue weighted by atomic mass is 35.5. The topological polar surface area (TPSA) is 68.6 Å². The molecule has 4 rings (SSSR count). The number of fused-ring (bicyclic) bond motifs is 1. The number of nitrogens with zero attached hydrogens (tertiary/aromatic N) is 3. The van der Waals surface area contributed by atoms with E-state index in [1.54, 1.807) is 32.6 Å². The largest absolute Gasteiger partial charge is 0.493 e. The number of anilines is 1. The van der Waals surface area contributed by atoms with Crippen molar-refractivity contribution >= 4 is 46.1 Å². The van der Waals surface area contributed by atoms with Gasteiger partial charge in [-0.25, -0.2) is 9.97 Å². The van der Waals surface area contributed by atoms with Crippen molar-refractivity contribution in [3.8, 4) is 22.9 Å². The number of aromatic nitrogens is 2. The Kier molecular flexibility index (Phi) is 6.21. The monoisotopic (exact) mass is 452 g/mol. The first-order valence-corrected chi connectivity index (χ1v) is 10.1. The molecule has 0 saturated carbocycles. The molecule has 3 aromatic carbocycles. The van der Waals surface area contributed by atoms with E-state index < -0.39 is 0 Å². The van der Waals surface area contributed by atoms with Crippen molar-refractivity contribution in [2.45, 2.75) is 0 Å². The Morgan fingerprint density at radius 3 is 2.45 bits per heavy atom. The summed E-state index contributed by atoms with van der Waals surface area (Å²) in [6, 6.07) is 18.5. The Bertz CT molecular complexity index is 1280. The molecule has 1 N–H and O–H groups in total. The first kappa shape index (κ1) is 20.9. The van der Waals surface area contributed by atoms with Crippen LogP contribution in [0.15, 0.2) is 65.8 Å². The molecular weight excluding hydrogens is 435 g/mol. The standard InChI is InChI=1S/C23H18Cl2N4O2/c1-30-20-10-7-14(11-21(20)31-2)13-26-29-23-16-5-3-4-6-19(16)27-22(28-23)15-8-9-17(24)18(25)12-15/h3-13H,1-2H3,(H,27,28,29). The first-order valence-electron chi connectivity index (χ1n) is 9.32. The second-order valence-electron chi connectivity index (χ2n) is 6.53. The Labute approximate surface area is 189 Å². The van der Waals surface area contributed by atoms with Crippen LogP contribution in [0.4, 0.5) is 5.82 Å². The average Bonchev–Trinajstić information content (AvgIpc) is 2.80. The Hall–Kier alpha value is -3.35. The summed E-state index contributed by atoms with van der Waals surface area (Å²) in [4.78, 5) is 9.30. The molecule has 0 saturated heterocycles. The summed E-state index contributed by atoms with van der Waals surface area (Å²) in [5.74, 6) is 2.37. The number of hydrazone groups is 1. The SMILES string of the molecule is COc1ccc(C=NNc2nc(-c3ccc(Cl)c(Cl)c3)nc3ccccc23)cc1OC. The van der Waals surface area contributed by atoms with Crippen molar-refractivity contribution in [3.05, 3.63) is 76.3 Å². The molecule has 0 radical (unpaired) electrons. The summed E-state index contributed by atoms with van der Waals surface area (Å²) in [6.45, 7) is 0. The molecule has 0 spiro atoms. The third-order valence-electron chi connectivity index (χ3n) is 4.57. The van der Waals surface area contributed by atoms with Gasteiger partial charge in [-0.2, -0.15) is 5.10 Å². The van der Waals surface area contributed by atoms with Gasteiger partial charge in [0.05, 0.1) is 36.0 Å². The van der Waals surface area contributed by atoms with Gasteiger partial charge in [-0.1, -0.05) is 35.3 Å². The number of methoxy groups -OCH3 is 2. The van der Waals surface area contributed by atoms with Gasteiger partial charge in [-0.15, -0.1) is 0 Å². The fourth-order valence-corrected chi connectivity index (χ4v) is 3.33. The summed E-state index contributed by atoms with van der Waals surface area (Å²) >= 11 is 12.2. The van der Waals surface area contributed by atoms with E-state index in [2.05, 4.69) is 20.5 Å². The van der Waals surface area contributed by atoms with Crippen LogP contribution < -0.4 is 14.9 Å². The number of benzene rings is 3. The third-order valence-corrected chi connectivity index (χ3v) is 5.31. The zero-order valence-electron chi connectivity index (χ0n) is 16.8. The normalized spacial score (nSPS) is 11.1.